The van der Waals surface area contributed by atoms with Gasteiger partial charge in [-0.25, -0.2) is 9.78 Å². The Morgan fingerprint density at radius 3 is 2.91 bits per heavy atom. The molecule has 32 heavy (non-hydrogen) atoms. The third-order valence-corrected chi connectivity index (χ3v) is 6.97. The normalized spacial score (nSPS) is 22.3. The quantitative estimate of drug-likeness (QED) is 0.576. The Hall–Kier alpha value is -2.66. The lowest BCUT2D eigenvalue weighted by atomic mass is 9.93. The lowest BCUT2D eigenvalue weighted by Crippen LogP contribution is -2.50. The maximum Gasteiger partial charge on any atom is 0.407 e. The van der Waals surface area contributed by atoms with E-state index in [1.54, 1.807) is 13.3 Å². The largest absolute Gasteiger partial charge is 0.486 e. The molecule has 2 amide bonds. The number of alkyl carbamates (subject to hydrolysis) is 1. The molecule has 2 aromatic heterocycles. The van der Waals surface area contributed by atoms with Gasteiger partial charge in [-0.05, 0) is 39.0 Å². The smallest absolute Gasteiger partial charge is 0.407 e. The second-order valence-corrected chi connectivity index (χ2v) is 9.62. The SMILES string of the molecule is COc1cnc(CC(=O)Nc2cc([C@H]3CC[C@@H](OC(=O)NC4(C)CCOCC4)C3)[nH]n2)s1. The molecule has 2 aliphatic rings. The zero-order valence-corrected chi connectivity index (χ0v) is 19.1. The van der Waals surface area contributed by atoms with Crippen LogP contribution in [-0.4, -0.2) is 59.1 Å². The molecule has 0 bridgehead atoms. The van der Waals surface area contributed by atoms with Gasteiger partial charge in [-0.2, -0.15) is 5.10 Å². The monoisotopic (exact) mass is 463 g/mol. The molecule has 0 spiro atoms. The average molecular weight is 464 g/mol. The van der Waals surface area contributed by atoms with Crippen molar-refractivity contribution in [1.29, 1.82) is 0 Å². The van der Waals surface area contributed by atoms with E-state index in [-0.39, 0.29) is 36.0 Å². The van der Waals surface area contributed by atoms with Crippen molar-refractivity contribution in [3.63, 3.8) is 0 Å². The molecule has 1 aliphatic heterocycles. The Bertz CT molecular complexity index is 939. The Morgan fingerprint density at radius 1 is 1.34 bits per heavy atom. The van der Waals surface area contributed by atoms with Crippen molar-refractivity contribution in [2.75, 3.05) is 25.6 Å². The molecule has 3 heterocycles. The molecule has 174 valence electrons. The first-order chi connectivity index (χ1) is 15.4. The van der Waals surface area contributed by atoms with Gasteiger partial charge in [-0.15, -0.1) is 0 Å². The van der Waals surface area contributed by atoms with E-state index in [1.165, 1.54) is 11.3 Å². The number of H-pyrrole nitrogens is 1. The summed E-state index contributed by atoms with van der Waals surface area (Å²) in [7, 11) is 1.57. The number of amides is 2. The van der Waals surface area contributed by atoms with Crippen molar-refractivity contribution in [1.82, 2.24) is 20.5 Å². The van der Waals surface area contributed by atoms with Crippen LogP contribution < -0.4 is 15.4 Å². The molecule has 1 saturated carbocycles. The van der Waals surface area contributed by atoms with Crippen LogP contribution >= 0.6 is 11.3 Å². The Morgan fingerprint density at radius 2 is 2.16 bits per heavy atom. The van der Waals surface area contributed by atoms with Crippen LogP contribution in [0.1, 0.15) is 55.6 Å². The molecule has 10 nitrogen and oxygen atoms in total. The minimum atomic E-state index is -0.364. The molecule has 2 aromatic rings. The number of aromatic nitrogens is 3. The highest BCUT2D eigenvalue weighted by atomic mass is 32.1. The summed E-state index contributed by atoms with van der Waals surface area (Å²) in [5.74, 6) is 0.488. The number of hydrogen-bond donors (Lipinski definition) is 3. The van der Waals surface area contributed by atoms with Gasteiger partial charge in [-0.3, -0.25) is 9.89 Å². The molecular weight excluding hydrogens is 434 g/mol. The fourth-order valence-electron chi connectivity index (χ4n) is 4.11. The van der Waals surface area contributed by atoms with E-state index in [1.807, 2.05) is 13.0 Å². The topological polar surface area (TPSA) is 127 Å². The predicted molar refractivity (Wildman–Crippen MR) is 118 cm³/mol. The minimum Gasteiger partial charge on any atom is -0.486 e. The van der Waals surface area contributed by atoms with Gasteiger partial charge in [-0.1, -0.05) is 11.3 Å². The molecule has 0 aromatic carbocycles. The van der Waals surface area contributed by atoms with Gasteiger partial charge in [0, 0.05) is 36.4 Å². The van der Waals surface area contributed by atoms with E-state index < -0.39 is 0 Å². The fraction of sp³-hybridized carbons (Fsp3) is 0.619. The lowest BCUT2D eigenvalue weighted by Gasteiger charge is -2.34. The average Bonchev–Trinajstić information content (AvgIpc) is 3.49. The first-order valence-electron chi connectivity index (χ1n) is 10.8. The van der Waals surface area contributed by atoms with Crippen molar-refractivity contribution in [3.8, 4) is 5.06 Å². The number of carbonyl (C=O) groups excluding carboxylic acids is 2. The molecule has 0 unspecified atom stereocenters. The van der Waals surface area contributed by atoms with Crippen LogP contribution in [0.25, 0.3) is 0 Å². The third kappa shape index (κ3) is 5.77. The molecule has 0 radical (unpaired) electrons. The zero-order chi connectivity index (χ0) is 22.6. The number of methoxy groups -OCH3 is 1. The van der Waals surface area contributed by atoms with Crippen LogP contribution in [0.3, 0.4) is 0 Å². The molecule has 4 rings (SSSR count). The second-order valence-electron chi connectivity index (χ2n) is 8.55. The summed E-state index contributed by atoms with van der Waals surface area (Å²) in [6, 6.07) is 1.84. The van der Waals surface area contributed by atoms with E-state index >= 15 is 0 Å². The molecule has 2 atom stereocenters. The first-order valence-corrected chi connectivity index (χ1v) is 11.6. The maximum atomic E-state index is 12.4. The van der Waals surface area contributed by atoms with Gasteiger partial charge in [0.2, 0.25) is 5.91 Å². The highest BCUT2D eigenvalue weighted by Crippen LogP contribution is 2.36. The number of anilines is 1. The zero-order valence-electron chi connectivity index (χ0n) is 18.3. The molecule has 11 heteroatoms. The third-order valence-electron chi connectivity index (χ3n) is 6.01. The second kappa shape index (κ2) is 9.86. The van der Waals surface area contributed by atoms with Crippen molar-refractivity contribution in [2.45, 2.75) is 63.0 Å². The summed E-state index contributed by atoms with van der Waals surface area (Å²) >= 11 is 1.34. The van der Waals surface area contributed by atoms with E-state index in [0.717, 1.165) is 37.8 Å². The van der Waals surface area contributed by atoms with E-state index in [2.05, 4.69) is 25.8 Å². The number of rotatable bonds is 7. The number of carbonyl (C=O) groups is 2. The van der Waals surface area contributed by atoms with Crippen LogP contribution in [0.4, 0.5) is 10.6 Å². The summed E-state index contributed by atoms with van der Waals surface area (Å²) in [6.07, 6.45) is 5.24. The molecule has 1 aliphatic carbocycles. The number of thiazole rings is 1. The molecule has 1 saturated heterocycles. The van der Waals surface area contributed by atoms with Crippen molar-refractivity contribution < 1.29 is 23.8 Å². The van der Waals surface area contributed by atoms with E-state index in [4.69, 9.17) is 14.2 Å². The number of nitrogens with one attached hydrogen (secondary N) is 3. The Kier molecular flexibility index (Phi) is 6.95. The van der Waals surface area contributed by atoms with E-state index in [0.29, 0.717) is 29.1 Å². The van der Waals surface area contributed by atoms with Gasteiger partial charge >= 0.3 is 6.09 Å². The summed E-state index contributed by atoms with van der Waals surface area (Å²) in [5, 5.41) is 14.4. The summed E-state index contributed by atoms with van der Waals surface area (Å²) in [6.45, 7) is 3.33. The van der Waals surface area contributed by atoms with Crippen LogP contribution in [0.15, 0.2) is 12.3 Å². The number of ether oxygens (including phenoxy) is 3. The Balaban J connectivity index is 1.24. The van der Waals surface area contributed by atoms with Crippen molar-refractivity contribution in [2.24, 2.45) is 0 Å². The number of nitrogens with zero attached hydrogens (tertiary/aromatic N) is 2. The van der Waals surface area contributed by atoms with Gasteiger partial charge < -0.3 is 24.8 Å². The van der Waals surface area contributed by atoms with Gasteiger partial charge in [0.25, 0.3) is 0 Å². The standard InChI is InChI=1S/C21H29N5O5S/c1-21(5-7-30-8-6-21)24-20(28)31-14-4-3-13(9-14)15-10-16(26-25-15)23-17(27)11-18-22-12-19(29-2)32-18/h10,12-14H,3-9,11H2,1-2H3,(H,24,28)(H2,23,25,26,27)/t13-,14+/m0/s1. The Labute approximate surface area is 190 Å². The highest BCUT2D eigenvalue weighted by molar-refractivity contribution is 7.13. The highest BCUT2D eigenvalue weighted by Gasteiger charge is 2.33. The molecule has 3 N–H and O–H groups in total. The summed E-state index contributed by atoms with van der Waals surface area (Å²) in [5.41, 5.74) is 0.659. The van der Waals surface area contributed by atoms with Crippen LogP contribution in [-0.2, 0) is 20.7 Å². The van der Waals surface area contributed by atoms with Crippen molar-refractivity contribution in [3.05, 3.63) is 23.0 Å². The van der Waals surface area contributed by atoms with Gasteiger partial charge in [0.15, 0.2) is 10.9 Å². The fourth-order valence-corrected chi connectivity index (χ4v) is 4.84. The maximum absolute atomic E-state index is 12.4. The van der Waals surface area contributed by atoms with Gasteiger partial charge in [0.1, 0.15) is 11.1 Å². The molecule has 2 fully saturated rings. The summed E-state index contributed by atoms with van der Waals surface area (Å²) < 4.78 is 16.1. The predicted octanol–water partition coefficient (Wildman–Crippen LogP) is 2.99. The van der Waals surface area contributed by atoms with Crippen LogP contribution in [0.2, 0.25) is 0 Å². The molecular formula is C21H29N5O5S. The number of hydrogen-bond acceptors (Lipinski definition) is 8. The van der Waals surface area contributed by atoms with Crippen LogP contribution in [0.5, 0.6) is 5.06 Å². The van der Waals surface area contributed by atoms with E-state index in [9.17, 15) is 9.59 Å². The summed E-state index contributed by atoms with van der Waals surface area (Å²) in [4.78, 5) is 28.8. The van der Waals surface area contributed by atoms with Gasteiger partial charge in [0.05, 0.1) is 19.7 Å². The first kappa shape index (κ1) is 22.5. The lowest BCUT2D eigenvalue weighted by molar-refractivity contribution is -0.115. The minimum absolute atomic E-state index is 0.135. The number of aromatic amines is 1. The van der Waals surface area contributed by atoms with Crippen LogP contribution in [0, 0.1) is 0 Å². The van der Waals surface area contributed by atoms with Crippen molar-refractivity contribution >= 4 is 29.2 Å².